The molecule has 0 radical (unpaired) electrons. The highest BCUT2D eigenvalue weighted by Crippen LogP contribution is 2.21. The van der Waals surface area contributed by atoms with E-state index in [2.05, 4.69) is 26.1 Å². The summed E-state index contributed by atoms with van der Waals surface area (Å²) in [4.78, 5) is 0. The van der Waals surface area contributed by atoms with Crippen LogP contribution in [0.4, 0.5) is 0 Å². The Morgan fingerprint density at radius 3 is 2.63 bits per heavy atom. The third-order valence-corrected chi connectivity index (χ3v) is 3.03. The van der Waals surface area contributed by atoms with Gasteiger partial charge in [0.1, 0.15) is 18.5 Å². The zero-order chi connectivity index (χ0) is 14.5. The standard InChI is InChI=1S/C15H24ClNO2/c1-11-7-13(5-6-14(11)16)19-9-12(18)8-17-10-15(2,3)4/h5-7,12,17-18H,8-10H2,1-4H3. The lowest BCUT2D eigenvalue weighted by Gasteiger charge is -2.20. The molecule has 3 nitrogen and oxygen atoms in total. The molecule has 0 amide bonds. The molecule has 1 rings (SSSR count). The smallest absolute Gasteiger partial charge is 0.119 e. The highest BCUT2D eigenvalue weighted by Gasteiger charge is 2.11. The number of hydrogen-bond acceptors (Lipinski definition) is 3. The number of aryl methyl sites for hydroxylation is 1. The molecule has 1 aromatic carbocycles. The normalized spacial score (nSPS) is 13.4. The highest BCUT2D eigenvalue weighted by molar-refractivity contribution is 6.31. The van der Waals surface area contributed by atoms with E-state index in [9.17, 15) is 5.11 Å². The van der Waals surface area contributed by atoms with Crippen LogP contribution in [0.15, 0.2) is 18.2 Å². The van der Waals surface area contributed by atoms with Crippen molar-refractivity contribution in [3.05, 3.63) is 28.8 Å². The molecule has 0 saturated heterocycles. The van der Waals surface area contributed by atoms with E-state index in [1.54, 1.807) is 6.07 Å². The third kappa shape index (κ3) is 6.81. The van der Waals surface area contributed by atoms with E-state index in [1.165, 1.54) is 0 Å². The van der Waals surface area contributed by atoms with Crippen molar-refractivity contribution < 1.29 is 9.84 Å². The molecule has 0 aromatic heterocycles. The molecular formula is C15H24ClNO2. The van der Waals surface area contributed by atoms with Gasteiger partial charge in [-0.2, -0.15) is 0 Å². The fourth-order valence-corrected chi connectivity index (χ4v) is 1.69. The Bertz CT molecular complexity index is 402. The Kier molecular flexibility index (Phi) is 6.11. The molecule has 0 bridgehead atoms. The minimum absolute atomic E-state index is 0.216. The number of ether oxygens (including phenoxy) is 1. The first-order valence-corrected chi connectivity index (χ1v) is 6.93. The van der Waals surface area contributed by atoms with Crippen molar-refractivity contribution in [1.82, 2.24) is 5.32 Å². The van der Waals surface area contributed by atoms with Gasteiger partial charge in [0.25, 0.3) is 0 Å². The molecule has 108 valence electrons. The maximum atomic E-state index is 9.82. The summed E-state index contributed by atoms with van der Waals surface area (Å²) >= 11 is 5.94. The van der Waals surface area contributed by atoms with Crippen molar-refractivity contribution in [3.8, 4) is 5.75 Å². The molecule has 0 saturated carbocycles. The van der Waals surface area contributed by atoms with Crippen LogP contribution >= 0.6 is 11.6 Å². The van der Waals surface area contributed by atoms with Gasteiger partial charge in [0.2, 0.25) is 0 Å². The van der Waals surface area contributed by atoms with Crippen molar-refractivity contribution >= 4 is 11.6 Å². The van der Waals surface area contributed by atoms with Gasteiger partial charge in [-0.15, -0.1) is 0 Å². The Hall–Kier alpha value is -0.770. The SMILES string of the molecule is Cc1cc(OCC(O)CNCC(C)(C)C)ccc1Cl. The maximum Gasteiger partial charge on any atom is 0.119 e. The fraction of sp³-hybridized carbons (Fsp3) is 0.600. The minimum Gasteiger partial charge on any atom is -0.491 e. The monoisotopic (exact) mass is 285 g/mol. The quantitative estimate of drug-likeness (QED) is 0.844. The van der Waals surface area contributed by atoms with Crippen LogP contribution < -0.4 is 10.1 Å². The van der Waals surface area contributed by atoms with E-state index in [4.69, 9.17) is 16.3 Å². The molecule has 19 heavy (non-hydrogen) atoms. The fourth-order valence-electron chi connectivity index (χ4n) is 1.57. The number of nitrogens with one attached hydrogen (secondary N) is 1. The Morgan fingerprint density at radius 2 is 2.05 bits per heavy atom. The zero-order valence-electron chi connectivity index (χ0n) is 12.2. The zero-order valence-corrected chi connectivity index (χ0v) is 12.9. The first kappa shape index (κ1) is 16.3. The molecule has 0 aliphatic heterocycles. The topological polar surface area (TPSA) is 41.5 Å². The van der Waals surface area contributed by atoms with E-state index in [-0.39, 0.29) is 12.0 Å². The highest BCUT2D eigenvalue weighted by atomic mass is 35.5. The van der Waals surface area contributed by atoms with Crippen molar-refractivity contribution in [2.24, 2.45) is 5.41 Å². The molecule has 1 unspecified atom stereocenters. The summed E-state index contributed by atoms with van der Waals surface area (Å²) in [5.74, 6) is 0.733. The largest absolute Gasteiger partial charge is 0.491 e. The summed E-state index contributed by atoms with van der Waals surface area (Å²) in [6.07, 6.45) is -0.515. The summed E-state index contributed by atoms with van der Waals surface area (Å²) in [6, 6.07) is 5.48. The summed E-state index contributed by atoms with van der Waals surface area (Å²) in [6.45, 7) is 10.1. The van der Waals surface area contributed by atoms with E-state index in [0.717, 1.165) is 22.9 Å². The average molecular weight is 286 g/mol. The van der Waals surface area contributed by atoms with Crippen LogP contribution in [0, 0.1) is 12.3 Å². The first-order chi connectivity index (χ1) is 8.78. The average Bonchev–Trinajstić information content (AvgIpc) is 2.29. The number of benzene rings is 1. The number of aliphatic hydroxyl groups excluding tert-OH is 1. The van der Waals surface area contributed by atoms with Gasteiger partial charge in [0, 0.05) is 18.1 Å². The van der Waals surface area contributed by atoms with E-state index < -0.39 is 6.10 Å². The van der Waals surface area contributed by atoms with Crippen LogP contribution in [-0.4, -0.2) is 30.9 Å². The van der Waals surface area contributed by atoms with Crippen LogP contribution in [0.5, 0.6) is 5.75 Å². The first-order valence-electron chi connectivity index (χ1n) is 6.56. The van der Waals surface area contributed by atoms with Gasteiger partial charge < -0.3 is 15.2 Å². The van der Waals surface area contributed by atoms with Crippen molar-refractivity contribution in [1.29, 1.82) is 0 Å². The molecule has 0 aliphatic carbocycles. The van der Waals surface area contributed by atoms with Crippen molar-refractivity contribution in [2.45, 2.75) is 33.8 Å². The van der Waals surface area contributed by atoms with Gasteiger partial charge in [-0.25, -0.2) is 0 Å². The van der Waals surface area contributed by atoms with E-state index >= 15 is 0 Å². The lowest BCUT2D eigenvalue weighted by Crippen LogP contribution is -2.36. The van der Waals surface area contributed by atoms with Gasteiger partial charge in [-0.3, -0.25) is 0 Å². The van der Waals surface area contributed by atoms with E-state index in [1.807, 2.05) is 19.1 Å². The van der Waals surface area contributed by atoms with Crippen LogP contribution in [0.25, 0.3) is 0 Å². The Morgan fingerprint density at radius 1 is 1.37 bits per heavy atom. The number of halogens is 1. The molecule has 0 fully saturated rings. The van der Waals surface area contributed by atoms with Crippen LogP contribution in [0.3, 0.4) is 0 Å². The second-order valence-corrected chi connectivity index (χ2v) is 6.47. The van der Waals surface area contributed by atoms with Crippen molar-refractivity contribution in [2.75, 3.05) is 19.7 Å². The molecule has 0 heterocycles. The predicted octanol–water partition coefficient (Wildman–Crippen LogP) is 3.02. The van der Waals surface area contributed by atoms with E-state index in [0.29, 0.717) is 6.54 Å². The summed E-state index contributed by atoms with van der Waals surface area (Å²) in [7, 11) is 0. The number of hydrogen-bond donors (Lipinski definition) is 2. The molecule has 2 N–H and O–H groups in total. The number of rotatable bonds is 6. The maximum absolute atomic E-state index is 9.82. The van der Waals surface area contributed by atoms with Gasteiger partial charge in [-0.05, 0) is 36.1 Å². The summed E-state index contributed by atoms with van der Waals surface area (Å²) in [5.41, 5.74) is 1.19. The molecule has 4 heteroatoms. The molecular weight excluding hydrogens is 262 g/mol. The molecule has 1 aromatic rings. The van der Waals surface area contributed by atoms with Crippen LogP contribution in [-0.2, 0) is 0 Å². The van der Waals surface area contributed by atoms with Gasteiger partial charge in [0.15, 0.2) is 0 Å². The Labute approximate surface area is 120 Å². The van der Waals surface area contributed by atoms with Gasteiger partial charge in [0.05, 0.1) is 0 Å². The van der Waals surface area contributed by atoms with Crippen LogP contribution in [0.2, 0.25) is 5.02 Å². The summed E-state index contributed by atoms with van der Waals surface area (Å²) < 4.78 is 5.54. The molecule has 0 spiro atoms. The predicted molar refractivity (Wildman–Crippen MR) is 80.0 cm³/mol. The molecule has 1 atom stereocenters. The second-order valence-electron chi connectivity index (χ2n) is 6.07. The lowest BCUT2D eigenvalue weighted by atomic mass is 9.97. The molecule has 0 aliphatic rings. The minimum atomic E-state index is -0.515. The number of aliphatic hydroxyl groups is 1. The Balaban J connectivity index is 2.29. The van der Waals surface area contributed by atoms with Crippen molar-refractivity contribution in [3.63, 3.8) is 0 Å². The second kappa shape index (κ2) is 7.13. The lowest BCUT2D eigenvalue weighted by molar-refractivity contribution is 0.104. The van der Waals surface area contributed by atoms with Gasteiger partial charge >= 0.3 is 0 Å². The third-order valence-electron chi connectivity index (χ3n) is 2.61. The van der Waals surface area contributed by atoms with Gasteiger partial charge in [-0.1, -0.05) is 32.4 Å². The summed E-state index contributed by atoms with van der Waals surface area (Å²) in [5, 5.41) is 13.8. The van der Waals surface area contributed by atoms with Crippen LogP contribution in [0.1, 0.15) is 26.3 Å².